The zero-order valence-electron chi connectivity index (χ0n) is 16.9. The van der Waals surface area contributed by atoms with Gasteiger partial charge in [0.2, 0.25) is 0 Å². The summed E-state index contributed by atoms with van der Waals surface area (Å²) < 4.78 is 0. The van der Waals surface area contributed by atoms with Crippen LogP contribution in [-0.2, 0) is 0 Å². The van der Waals surface area contributed by atoms with Crippen LogP contribution in [0.3, 0.4) is 0 Å². The molecule has 0 bridgehead atoms. The second kappa shape index (κ2) is 7.24. The summed E-state index contributed by atoms with van der Waals surface area (Å²) >= 11 is 0. The van der Waals surface area contributed by atoms with Crippen LogP contribution < -0.4 is 10.4 Å². The number of likely N-dealkylation sites (N-methyl/N-ethyl adjacent to an activating group) is 1. The summed E-state index contributed by atoms with van der Waals surface area (Å²) in [6, 6.07) is 3.68. The van der Waals surface area contributed by atoms with E-state index in [1.54, 1.807) is 17.0 Å². The van der Waals surface area contributed by atoms with Crippen LogP contribution >= 0.6 is 0 Å². The van der Waals surface area contributed by atoms with Crippen molar-refractivity contribution in [2.45, 2.75) is 51.0 Å². The van der Waals surface area contributed by atoms with Crippen molar-refractivity contribution in [1.29, 1.82) is 0 Å². The van der Waals surface area contributed by atoms with Crippen molar-refractivity contribution in [2.24, 2.45) is 0 Å². The Bertz CT molecular complexity index is 794. The molecule has 2 aliphatic heterocycles. The number of likely N-dealkylation sites (tertiary alicyclic amines) is 1. The number of carbonyl (C=O) groups excluding carboxylic acids is 1. The number of hydrogen-bond acceptors (Lipinski definition) is 5. The molecular weight excluding hydrogens is 358 g/mol. The predicted octanol–water partition coefficient (Wildman–Crippen LogP) is 3.05. The summed E-state index contributed by atoms with van der Waals surface area (Å²) in [5.41, 5.74) is 6.25. The number of piperidine rings is 1. The minimum absolute atomic E-state index is 0.116. The van der Waals surface area contributed by atoms with E-state index in [-0.39, 0.29) is 16.6 Å². The number of nitrogens with one attached hydrogen (secondary N) is 1. The van der Waals surface area contributed by atoms with Crippen LogP contribution in [0.4, 0.5) is 16.2 Å². The van der Waals surface area contributed by atoms with Crippen molar-refractivity contribution < 1.29 is 9.72 Å². The monoisotopic (exact) mass is 387 g/mol. The molecule has 152 valence electrons. The van der Waals surface area contributed by atoms with E-state index in [4.69, 9.17) is 0 Å². The SMILES string of the molecule is CCN(CC)C(=O)NN1CC2C[C@@H]3[C@H](CCCN3C)c3cc([N+](=O)[O-])cc1c32. The lowest BCUT2D eigenvalue weighted by Crippen LogP contribution is -2.49. The number of nitro benzene ring substituents is 1. The highest BCUT2D eigenvalue weighted by atomic mass is 16.6. The molecule has 3 aliphatic rings. The quantitative estimate of drug-likeness (QED) is 0.634. The Morgan fingerprint density at radius 2 is 2.11 bits per heavy atom. The number of rotatable bonds is 4. The molecule has 1 fully saturated rings. The molecule has 8 nitrogen and oxygen atoms in total. The number of anilines is 1. The summed E-state index contributed by atoms with van der Waals surface area (Å²) in [6.07, 6.45) is 3.22. The first-order valence-corrected chi connectivity index (χ1v) is 10.3. The van der Waals surface area contributed by atoms with Crippen molar-refractivity contribution in [2.75, 3.05) is 38.2 Å². The molecule has 0 aromatic heterocycles. The first-order valence-electron chi connectivity index (χ1n) is 10.3. The summed E-state index contributed by atoms with van der Waals surface area (Å²) in [5.74, 6) is 0.631. The van der Waals surface area contributed by atoms with Gasteiger partial charge in [0.05, 0.1) is 10.6 Å². The van der Waals surface area contributed by atoms with Crippen molar-refractivity contribution >= 4 is 17.4 Å². The van der Waals surface area contributed by atoms with Gasteiger partial charge in [-0.2, -0.15) is 0 Å². The molecule has 2 amide bonds. The zero-order valence-corrected chi connectivity index (χ0v) is 16.9. The highest BCUT2D eigenvalue weighted by Gasteiger charge is 2.45. The normalized spacial score (nSPS) is 25.8. The number of benzene rings is 1. The maximum atomic E-state index is 12.6. The Balaban J connectivity index is 1.73. The maximum absolute atomic E-state index is 12.6. The van der Waals surface area contributed by atoms with Gasteiger partial charge in [-0.1, -0.05) is 0 Å². The lowest BCUT2D eigenvalue weighted by Gasteiger charge is -2.44. The van der Waals surface area contributed by atoms with Crippen LogP contribution in [0.15, 0.2) is 12.1 Å². The molecule has 1 unspecified atom stereocenters. The smallest absolute Gasteiger partial charge is 0.324 e. The zero-order chi connectivity index (χ0) is 20.0. The predicted molar refractivity (Wildman–Crippen MR) is 108 cm³/mol. The third-order valence-electron chi connectivity index (χ3n) is 6.75. The van der Waals surface area contributed by atoms with E-state index >= 15 is 0 Å². The van der Waals surface area contributed by atoms with Gasteiger partial charge in [0, 0.05) is 49.6 Å². The van der Waals surface area contributed by atoms with Crippen LogP contribution in [-0.4, -0.2) is 60.0 Å². The van der Waals surface area contributed by atoms with Crippen LogP contribution in [0.2, 0.25) is 0 Å². The standard InChI is InChI=1S/C20H29N5O3/c1-4-23(5-2)20(26)21-24-12-13-9-17-15(7-6-8-22(17)3)16-10-14(25(27)28)11-18(24)19(13)16/h10-11,13,15,17H,4-9,12H2,1-3H3,(H,21,26)/t13?,15-,17-/m1/s1. The molecule has 4 rings (SSSR count). The molecule has 8 heteroatoms. The van der Waals surface area contributed by atoms with Gasteiger partial charge in [0.25, 0.3) is 5.69 Å². The lowest BCUT2D eigenvalue weighted by molar-refractivity contribution is -0.384. The van der Waals surface area contributed by atoms with Gasteiger partial charge < -0.3 is 9.80 Å². The molecule has 0 radical (unpaired) electrons. The number of non-ortho nitro benzene ring substituents is 1. The second-order valence-corrected chi connectivity index (χ2v) is 8.15. The van der Waals surface area contributed by atoms with Crippen LogP contribution in [0, 0.1) is 10.1 Å². The minimum atomic E-state index is -0.315. The van der Waals surface area contributed by atoms with E-state index in [1.807, 2.05) is 18.9 Å². The maximum Gasteiger partial charge on any atom is 0.336 e. The van der Waals surface area contributed by atoms with E-state index in [1.165, 1.54) is 5.56 Å². The number of nitrogens with zero attached hydrogens (tertiary/aromatic N) is 4. The molecular formula is C20H29N5O3. The summed E-state index contributed by atoms with van der Waals surface area (Å²) in [4.78, 5) is 28.0. The first kappa shape index (κ1) is 19.0. The number of hydrazine groups is 1. The molecule has 1 aliphatic carbocycles. The van der Waals surface area contributed by atoms with Gasteiger partial charge in [0.15, 0.2) is 0 Å². The van der Waals surface area contributed by atoms with Gasteiger partial charge in [-0.25, -0.2) is 10.2 Å². The average Bonchev–Trinajstić information content (AvgIpc) is 3.01. The van der Waals surface area contributed by atoms with E-state index in [2.05, 4.69) is 17.4 Å². The molecule has 0 saturated carbocycles. The van der Waals surface area contributed by atoms with E-state index in [0.29, 0.717) is 37.5 Å². The molecule has 1 N–H and O–H groups in total. The van der Waals surface area contributed by atoms with Crippen molar-refractivity contribution in [1.82, 2.24) is 15.2 Å². The average molecular weight is 387 g/mol. The number of amides is 2. The fourth-order valence-electron chi connectivity index (χ4n) is 5.35. The Labute approximate surface area is 165 Å². The summed E-state index contributed by atoms with van der Waals surface area (Å²) in [6.45, 7) is 6.90. The lowest BCUT2D eigenvalue weighted by atomic mass is 9.70. The van der Waals surface area contributed by atoms with Gasteiger partial charge in [-0.15, -0.1) is 0 Å². The van der Waals surface area contributed by atoms with Crippen molar-refractivity contribution in [3.63, 3.8) is 0 Å². The van der Waals surface area contributed by atoms with Crippen LogP contribution in [0.5, 0.6) is 0 Å². The Hall–Kier alpha value is -2.35. The fraction of sp³-hybridized carbons (Fsp3) is 0.650. The van der Waals surface area contributed by atoms with E-state index < -0.39 is 0 Å². The number of fused-ring (bicyclic) bond motifs is 2. The van der Waals surface area contributed by atoms with Crippen molar-refractivity contribution in [3.8, 4) is 0 Å². The molecule has 2 heterocycles. The third kappa shape index (κ3) is 2.99. The van der Waals surface area contributed by atoms with Gasteiger partial charge in [0.1, 0.15) is 0 Å². The Morgan fingerprint density at radius 3 is 2.79 bits per heavy atom. The summed E-state index contributed by atoms with van der Waals surface area (Å²) in [5, 5.41) is 13.4. The molecule has 1 aromatic rings. The van der Waals surface area contributed by atoms with E-state index in [0.717, 1.165) is 37.1 Å². The fourth-order valence-corrected chi connectivity index (χ4v) is 5.35. The number of carbonyl (C=O) groups is 1. The van der Waals surface area contributed by atoms with Gasteiger partial charge in [-0.3, -0.25) is 15.1 Å². The van der Waals surface area contributed by atoms with Crippen LogP contribution in [0.25, 0.3) is 0 Å². The summed E-state index contributed by atoms with van der Waals surface area (Å²) in [7, 11) is 2.16. The van der Waals surface area contributed by atoms with Crippen molar-refractivity contribution in [3.05, 3.63) is 33.4 Å². The largest absolute Gasteiger partial charge is 0.336 e. The molecule has 0 spiro atoms. The molecule has 1 aromatic carbocycles. The Morgan fingerprint density at radius 1 is 1.36 bits per heavy atom. The topological polar surface area (TPSA) is 82.0 Å². The van der Waals surface area contributed by atoms with Gasteiger partial charge >= 0.3 is 6.03 Å². The number of nitro groups is 1. The number of urea groups is 1. The van der Waals surface area contributed by atoms with Crippen LogP contribution in [0.1, 0.15) is 56.1 Å². The van der Waals surface area contributed by atoms with E-state index in [9.17, 15) is 14.9 Å². The second-order valence-electron chi connectivity index (χ2n) is 8.15. The highest BCUT2D eigenvalue weighted by Crippen LogP contribution is 2.52. The number of hydrogen-bond donors (Lipinski definition) is 1. The molecule has 3 atom stereocenters. The Kier molecular flexibility index (Phi) is 4.91. The third-order valence-corrected chi connectivity index (χ3v) is 6.75. The van der Waals surface area contributed by atoms with Gasteiger partial charge in [-0.05, 0) is 57.8 Å². The highest BCUT2D eigenvalue weighted by molar-refractivity contribution is 5.79. The minimum Gasteiger partial charge on any atom is -0.324 e. The molecule has 28 heavy (non-hydrogen) atoms. The first-order chi connectivity index (χ1) is 13.4. The molecule has 1 saturated heterocycles.